The van der Waals surface area contributed by atoms with Gasteiger partial charge in [0.15, 0.2) is 17.3 Å². The highest BCUT2D eigenvalue weighted by atomic mass is 16.6. The summed E-state index contributed by atoms with van der Waals surface area (Å²) in [5.41, 5.74) is 8.23. The van der Waals surface area contributed by atoms with Crippen molar-refractivity contribution in [3.63, 3.8) is 0 Å². The fourth-order valence-electron chi connectivity index (χ4n) is 2.93. The number of nitrogen functional groups attached to an aromatic ring is 1. The van der Waals surface area contributed by atoms with E-state index in [4.69, 9.17) is 15.6 Å². The number of carbonyl (C=O) groups is 1. The fourth-order valence-corrected chi connectivity index (χ4v) is 2.93. The molecule has 0 unspecified atom stereocenters. The first-order chi connectivity index (χ1) is 13.5. The first kappa shape index (κ1) is 17.5. The molecule has 4 aromatic rings. The third-order valence-corrected chi connectivity index (χ3v) is 4.13. The van der Waals surface area contributed by atoms with Crippen LogP contribution in [0, 0.1) is 0 Å². The number of nitrogens with two attached hydrogens (primary N) is 1. The Morgan fingerprint density at radius 1 is 1.32 bits per heavy atom. The number of carboxylic acids is 1. The van der Waals surface area contributed by atoms with Gasteiger partial charge in [0.2, 0.25) is 5.88 Å². The summed E-state index contributed by atoms with van der Waals surface area (Å²) in [5, 5.41) is 16.4. The van der Waals surface area contributed by atoms with Crippen LogP contribution in [0.2, 0.25) is 0 Å². The van der Waals surface area contributed by atoms with E-state index in [1.54, 1.807) is 36.5 Å². The third kappa shape index (κ3) is 3.22. The average molecular weight is 380 g/mol. The smallest absolute Gasteiger partial charge is 0.307 e. The molecule has 0 saturated carbocycles. The summed E-state index contributed by atoms with van der Waals surface area (Å²) < 4.78 is 12.4. The number of benzene rings is 1. The molecule has 0 fully saturated rings. The molecule has 1 aromatic carbocycles. The van der Waals surface area contributed by atoms with Crippen LogP contribution in [-0.4, -0.2) is 35.9 Å². The number of aromatic nitrogens is 5. The van der Waals surface area contributed by atoms with Gasteiger partial charge in [-0.2, -0.15) is 0 Å². The highest BCUT2D eigenvalue weighted by Gasteiger charge is 2.19. The number of rotatable bonds is 6. The number of nitrogens with zero attached hydrogens (tertiary/aromatic N) is 5. The Morgan fingerprint density at radius 3 is 2.89 bits per heavy atom. The van der Waals surface area contributed by atoms with Gasteiger partial charge < -0.3 is 20.1 Å². The summed E-state index contributed by atoms with van der Waals surface area (Å²) in [6.07, 6.45) is 1.51. The van der Waals surface area contributed by atoms with Gasteiger partial charge in [-0.15, -0.1) is 0 Å². The van der Waals surface area contributed by atoms with Crippen LogP contribution in [0.25, 0.3) is 22.6 Å². The molecular weight excluding hydrogens is 364 g/mol. The van der Waals surface area contributed by atoms with Crippen LogP contribution in [0.5, 0.6) is 11.6 Å². The maximum Gasteiger partial charge on any atom is 0.307 e. The van der Waals surface area contributed by atoms with Crippen LogP contribution in [0.3, 0.4) is 0 Å². The number of pyridine rings is 1. The number of imidazole rings is 1. The zero-order valence-corrected chi connectivity index (χ0v) is 14.9. The maximum atomic E-state index is 10.9. The quantitative estimate of drug-likeness (QED) is 0.515. The molecule has 0 aliphatic rings. The first-order valence-corrected chi connectivity index (χ1v) is 8.48. The normalized spacial score (nSPS) is 11.0. The summed E-state index contributed by atoms with van der Waals surface area (Å²) >= 11 is 0. The van der Waals surface area contributed by atoms with Crippen molar-refractivity contribution in [1.29, 1.82) is 0 Å². The minimum atomic E-state index is -0.905. The van der Waals surface area contributed by atoms with Crippen LogP contribution in [0.15, 0.2) is 41.2 Å². The molecule has 4 rings (SSSR count). The van der Waals surface area contributed by atoms with Gasteiger partial charge in [0.1, 0.15) is 11.3 Å². The van der Waals surface area contributed by atoms with Crippen molar-refractivity contribution >= 4 is 22.8 Å². The third-order valence-electron chi connectivity index (χ3n) is 4.13. The second-order valence-corrected chi connectivity index (χ2v) is 6.01. The highest BCUT2D eigenvalue weighted by molar-refractivity contribution is 5.81. The molecule has 3 N–H and O–H groups in total. The lowest BCUT2D eigenvalue weighted by Gasteiger charge is -2.07. The largest absolute Gasteiger partial charge is 0.481 e. The number of aliphatic carboxylic acids is 1. The first-order valence-electron chi connectivity index (χ1n) is 8.48. The van der Waals surface area contributed by atoms with Crippen LogP contribution in [-0.2, 0) is 17.8 Å². The van der Waals surface area contributed by atoms with Crippen molar-refractivity contribution < 1.29 is 19.3 Å². The summed E-state index contributed by atoms with van der Waals surface area (Å²) in [4.78, 5) is 19.7. The number of carboxylic acid groups (broad SMARTS) is 1. The van der Waals surface area contributed by atoms with E-state index in [9.17, 15) is 4.79 Å². The summed E-state index contributed by atoms with van der Waals surface area (Å²) in [5.74, 6) is 0.631. The van der Waals surface area contributed by atoms with Crippen molar-refractivity contribution in [3.05, 3.63) is 42.1 Å². The lowest BCUT2D eigenvalue weighted by atomic mass is 10.1. The topological polar surface area (TPSA) is 142 Å². The van der Waals surface area contributed by atoms with Gasteiger partial charge in [-0.05, 0) is 34.9 Å². The Bertz CT molecular complexity index is 1170. The molecule has 0 aliphatic heterocycles. The number of hydrogen-bond donors (Lipinski definition) is 2. The molecule has 10 heteroatoms. The van der Waals surface area contributed by atoms with Crippen molar-refractivity contribution in [2.24, 2.45) is 0 Å². The molecule has 0 radical (unpaired) electrons. The number of hydrogen-bond acceptors (Lipinski definition) is 8. The Balaban J connectivity index is 1.70. The van der Waals surface area contributed by atoms with E-state index in [0.717, 1.165) is 5.52 Å². The Hall–Kier alpha value is -3.95. The van der Waals surface area contributed by atoms with Gasteiger partial charge >= 0.3 is 5.97 Å². The standard InChI is InChI=1S/C18H16N6O4/c1-2-24-13-8-14(27-11-5-3-4-10(6-11)7-15(25)26)20-9-12(13)21-18(24)16-17(19)23-28-22-16/h3-6,8-9H,2,7H2,1H3,(H2,19,23)(H,25,26). The van der Waals surface area contributed by atoms with E-state index in [2.05, 4.69) is 24.9 Å². The van der Waals surface area contributed by atoms with E-state index in [1.807, 2.05) is 11.5 Å². The SMILES string of the molecule is CCn1c(-c2nonc2N)nc2cnc(Oc3cccc(CC(=O)O)c3)cc21. The van der Waals surface area contributed by atoms with Gasteiger partial charge in [-0.3, -0.25) is 4.79 Å². The van der Waals surface area contributed by atoms with Gasteiger partial charge in [0, 0.05) is 12.6 Å². The van der Waals surface area contributed by atoms with Gasteiger partial charge in [0.25, 0.3) is 0 Å². The molecule has 0 bridgehead atoms. The van der Waals surface area contributed by atoms with Gasteiger partial charge in [-0.25, -0.2) is 14.6 Å². The minimum absolute atomic E-state index is 0.0806. The molecule has 0 spiro atoms. The molecule has 3 aromatic heterocycles. The molecule has 0 atom stereocenters. The molecule has 0 aliphatic carbocycles. The molecule has 3 heterocycles. The van der Waals surface area contributed by atoms with Crippen LogP contribution in [0.1, 0.15) is 12.5 Å². The van der Waals surface area contributed by atoms with Crippen molar-refractivity contribution in [1.82, 2.24) is 24.8 Å². The van der Waals surface area contributed by atoms with E-state index < -0.39 is 5.97 Å². The zero-order valence-electron chi connectivity index (χ0n) is 14.9. The van der Waals surface area contributed by atoms with Crippen LogP contribution < -0.4 is 10.5 Å². The Morgan fingerprint density at radius 2 is 2.18 bits per heavy atom. The highest BCUT2D eigenvalue weighted by Crippen LogP contribution is 2.29. The monoisotopic (exact) mass is 380 g/mol. The Labute approximate surface area is 158 Å². The zero-order chi connectivity index (χ0) is 19.7. The molecule has 0 saturated heterocycles. The van der Waals surface area contributed by atoms with E-state index in [-0.39, 0.29) is 12.2 Å². The molecular formula is C18H16N6O4. The lowest BCUT2D eigenvalue weighted by Crippen LogP contribution is -2.00. The number of anilines is 1. The fraction of sp³-hybridized carbons (Fsp3) is 0.167. The predicted molar refractivity (Wildman–Crippen MR) is 98.8 cm³/mol. The molecule has 28 heavy (non-hydrogen) atoms. The maximum absolute atomic E-state index is 10.9. The summed E-state index contributed by atoms with van der Waals surface area (Å²) in [7, 11) is 0. The summed E-state index contributed by atoms with van der Waals surface area (Å²) in [6, 6.07) is 8.63. The lowest BCUT2D eigenvalue weighted by molar-refractivity contribution is -0.136. The van der Waals surface area contributed by atoms with Crippen molar-refractivity contribution in [3.8, 4) is 23.1 Å². The van der Waals surface area contributed by atoms with Gasteiger partial charge in [-0.1, -0.05) is 12.1 Å². The van der Waals surface area contributed by atoms with Crippen LogP contribution >= 0.6 is 0 Å². The summed E-state index contributed by atoms with van der Waals surface area (Å²) in [6.45, 7) is 2.57. The van der Waals surface area contributed by atoms with Crippen molar-refractivity contribution in [2.45, 2.75) is 19.9 Å². The van der Waals surface area contributed by atoms with E-state index in [0.29, 0.717) is 40.8 Å². The van der Waals surface area contributed by atoms with Crippen molar-refractivity contribution in [2.75, 3.05) is 5.73 Å². The molecule has 10 nitrogen and oxygen atoms in total. The number of aryl methyl sites for hydroxylation is 1. The Kier molecular flexibility index (Phi) is 4.36. The van der Waals surface area contributed by atoms with Gasteiger partial charge in [0.05, 0.1) is 18.1 Å². The molecule has 0 amide bonds. The average Bonchev–Trinajstić information content (AvgIpc) is 3.23. The number of fused-ring (bicyclic) bond motifs is 1. The minimum Gasteiger partial charge on any atom is -0.481 e. The van der Waals surface area contributed by atoms with E-state index in [1.165, 1.54) is 0 Å². The predicted octanol–water partition coefficient (Wildman–Crippen LogP) is 2.50. The second-order valence-electron chi connectivity index (χ2n) is 6.01. The molecule has 142 valence electrons. The van der Waals surface area contributed by atoms with E-state index >= 15 is 0 Å². The number of ether oxygens (including phenoxy) is 1. The second kappa shape index (κ2) is 6.99. The van der Waals surface area contributed by atoms with Crippen LogP contribution in [0.4, 0.5) is 5.82 Å².